The summed E-state index contributed by atoms with van der Waals surface area (Å²) < 4.78 is 5.69. The molecule has 0 aliphatic carbocycles. The Labute approximate surface area is 117 Å². The van der Waals surface area contributed by atoms with Gasteiger partial charge in [0, 0.05) is 16.4 Å². The minimum absolute atomic E-state index is 0.715. The van der Waals surface area contributed by atoms with Gasteiger partial charge in [0.05, 0.1) is 12.3 Å². The molecule has 0 fully saturated rings. The summed E-state index contributed by atoms with van der Waals surface area (Å²) in [5.41, 5.74) is 0.948. The van der Waals surface area contributed by atoms with Crippen molar-refractivity contribution in [3.05, 3.63) is 45.6 Å². The van der Waals surface area contributed by atoms with Crippen molar-refractivity contribution >= 4 is 28.6 Å². The van der Waals surface area contributed by atoms with Crippen molar-refractivity contribution in [2.75, 3.05) is 11.9 Å². The molecule has 0 aliphatic rings. The van der Waals surface area contributed by atoms with Crippen molar-refractivity contribution in [1.82, 2.24) is 0 Å². The normalized spacial score (nSPS) is 10.3. The Morgan fingerprint density at radius 3 is 2.94 bits per heavy atom. The van der Waals surface area contributed by atoms with Gasteiger partial charge in [0.15, 0.2) is 0 Å². The van der Waals surface area contributed by atoms with Crippen LogP contribution in [0.1, 0.15) is 18.2 Å². The molecular weight excluding hydrogens is 266 g/mol. The number of thiophene rings is 1. The van der Waals surface area contributed by atoms with E-state index in [1.54, 1.807) is 11.3 Å². The van der Waals surface area contributed by atoms with Gasteiger partial charge in [0.25, 0.3) is 0 Å². The summed E-state index contributed by atoms with van der Waals surface area (Å²) in [6.45, 7) is 3.60. The lowest BCUT2D eigenvalue weighted by Crippen LogP contribution is -2.02. The predicted molar refractivity (Wildman–Crippen MR) is 78.9 cm³/mol. The van der Waals surface area contributed by atoms with Crippen LogP contribution < -0.4 is 10.1 Å². The van der Waals surface area contributed by atoms with E-state index in [2.05, 4.69) is 23.7 Å². The third-order valence-corrected chi connectivity index (χ3v) is 3.55. The van der Waals surface area contributed by atoms with E-state index in [1.165, 1.54) is 4.88 Å². The lowest BCUT2D eigenvalue weighted by Gasteiger charge is -2.12. The van der Waals surface area contributed by atoms with Gasteiger partial charge in [-0.1, -0.05) is 24.6 Å². The quantitative estimate of drug-likeness (QED) is 0.821. The summed E-state index contributed by atoms with van der Waals surface area (Å²) in [6, 6.07) is 9.82. The van der Waals surface area contributed by atoms with Crippen LogP contribution in [0.2, 0.25) is 5.02 Å². The molecule has 2 nitrogen and oxygen atoms in total. The molecule has 96 valence electrons. The number of hydrogen-bond donors (Lipinski definition) is 1. The second-order valence-corrected chi connectivity index (χ2v) is 5.39. The molecule has 1 N–H and O–H groups in total. The zero-order valence-electron chi connectivity index (χ0n) is 10.3. The fourth-order valence-corrected chi connectivity index (χ4v) is 2.39. The zero-order valence-corrected chi connectivity index (χ0v) is 11.9. The number of rotatable bonds is 6. The van der Waals surface area contributed by atoms with Crippen LogP contribution in [0.25, 0.3) is 0 Å². The fraction of sp³-hybridized carbons (Fsp3) is 0.286. The molecule has 2 rings (SSSR count). The van der Waals surface area contributed by atoms with E-state index in [9.17, 15) is 0 Å². The Balaban J connectivity index is 2.06. The van der Waals surface area contributed by atoms with Crippen LogP contribution in [-0.2, 0) is 6.54 Å². The van der Waals surface area contributed by atoms with Crippen molar-refractivity contribution in [3.63, 3.8) is 0 Å². The Hall–Kier alpha value is -1.19. The van der Waals surface area contributed by atoms with E-state index in [0.717, 1.165) is 31.0 Å². The first-order chi connectivity index (χ1) is 8.79. The number of anilines is 1. The second-order valence-electron chi connectivity index (χ2n) is 3.92. The molecule has 0 saturated heterocycles. The molecule has 0 spiro atoms. The first kappa shape index (κ1) is 13.2. The third kappa shape index (κ3) is 3.65. The monoisotopic (exact) mass is 281 g/mol. The van der Waals surface area contributed by atoms with Crippen molar-refractivity contribution in [2.45, 2.75) is 19.9 Å². The van der Waals surface area contributed by atoms with Crippen LogP contribution >= 0.6 is 22.9 Å². The molecule has 0 unspecified atom stereocenters. The Bertz CT molecular complexity index is 485. The number of benzene rings is 1. The first-order valence-corrected chi connectivity index (χ1v) is 7.24. The summed E-state index contributed by atoms with van der Waals surface area (Å²) in [5.74, 6) is 0.859. The Morgan fingerprint density at radius 1 is 1.33 bits per heavy atom. The van der Waals surface area contributed by atoms with Crippen LogP contribution in [0.3, 0.4) is 0 Å². The standard InChI is InChI=1S/C14H16ClNOS/c1-2-7-17-14-6-5-11(15)9-13(14)16-10-12-4-3-8-18-12/h3-6,8-9,16H,2,7,10H2,1H3. The van der Waals surface area contributed by atoms with Crippen LogP contribution in [0, 0.1) is 0 Å². The van der Waals surface area contributed by atoms with Gasteiger partial charge >= 0.3 is 0 Å². The van der Waals surface area contributed by atoms with Crippen molar-refractivity contribution in [1.29, 1.82) is 0 Å². The highest BCUT2D eigenvalue weighted by Gasteiger charge is 2.04. The highest BCUT2D eigenvalue weighted by Crippen LogP contribution is 2.29. The molecule has 0 atom stereocenters. The van der Waals surface area contributed by atoms with Crippen molar-refractivity contribution in [3.8, 4) is 5.75 Å². The summed E-state index contributed by atoms with van der Waals surface area (Å²) in [6.07, 6.45) is 0.993. The number of hydrogen-bond acceptors (Lipinski definition) is 3. The molecule has 0 saturated carbocycles. The smallest absolute Gasteiger partial charge is 0.142 e. The average molecular weight is 282 g/mol. The van der Waals surface area contributed by atoms with Gasteiger partial charge in [0.1, 0.15) is 5.75 Å². The maximum absolute atomic E-state index is 6.02. The molecule has 2 aromatic rings. The molecule has 0 radical (unpaired) electrons. The predicted octanol–water partition coefficient (Wildman–Crippen LogP) is 4.80. The summed E-state index contributed by atoms with van der Waals surface area (Å²) in [5, 5.41) is 6.15. The molecule has 0 bridgehead atoms. The summed E-state index contributed by atoms with van der Waals surface area (Å²) in [7, 11) is 0. The zero-order chi connectivity index (χ0) is 12.8. The van der Waals surface area contributed by atoms with Gasteiger partial charge in [-0.2, -0.15) is 0 Å². The van der Waals surface area contributed by atoms with E-state index in [4.69, 9.17) is 16.3 Å². The fourth-order valence-electron chi connectivity index (χ4n) is 1.57. The Morgan fingerprint density at radius 2 is 2.22 bits per heavy atom. The molecule has 1 aromatic carbocycles. The second kappa shape index (κ2) is 6.66. The van der Waals surface area contributed by atoms with E-state index in [-0.39, 0.29) is 0 Å². The number of ether oxygens (including phenoxy) is 1. The number of nitrogens with one attached hydrogen (secondary N) is 1. The minimum Gasteiger partial charge on any atom is -0.491 e. The van der Waals surface area contributed by atoms with E-state index >= 15 is 0 Å². The van der Waals surface area contributed by atoms with Crippen LogP contribution in [0.15, 0.2) is 35.7 Å². The number of halogens is 1. The van der Waals surface area contributed by atoms with Gasteiger partial charge in [-0.05, 0) is 36.1 Å². The van der Waals surface area contributed by atoms with E-state index in [0.29, 0.717) is 5.02 Å². The maximum Gasteiger partial charge on any atom is 0.142 e. The van der Waals surface area contributed by atoms with Gasteiger partial charge < -0.3 is 10.1 Å². The molecule has 1 heterocycles. The van der Waals surface area contributed by atoms with Crippen LogP contribution in [0.5, 0.6) is 5.75 Å². The highest BCUT2D eigenvalue weighted by atomic mass is 35.5. The van der Waals surface area contributed by atoms with Crippen molar-refractivity contribution in [2.24, 2.45) is 0 Å². The van der Waals surface area contributed by atoms with E-state index < -0.39 is 0 Å². The van der Waals surface area contributed by atoms with Crippen LogP contribution in [0.4, 0.5) is 5.69 Å². The Kier molecular flexibility index (Phi) is 4.90. The first-order valence-electron chi connectivity index (χ1n) is 5.98. The lowest BCUT2D eigenvalue weighted by molar-refractivity contribution is 0.319. The molecule has 0 aliphatic heterocycles. The average Bonchev–Trinajstić information content (AvgIpc) is 2.88. The molecular formula is C14H16ClNOS. The molecule has 0 amide bonds. The summed E-state index contributed by atoms with van der Waals surface area (Å²) in [4.78, 5) is 1.29. The van der Waals surface area contributed by atoms with Crippen LogP contribution in [-0.4, -0.2) is 6.61 Å². The highest BCUT2D eigenvalue weighted by molar-refractivity contribution is 7.09. The molecule has 18 heavy (non-hydrogen) atoms. The summed E-state index contributed by atoms with van der Waals surface area (Å²) >= 11 is 7.75. The van der Waals surface area contributed by atoms with Gasteiger partial charge in [-0.15, -0.1) is 11.3 Å². The van der Waals surface area contributed by atoms with Gasteiger partial charge in [-0.3, -0.25) is 0 Å². The minimum atomic E-state index is 0.715. The SMILES string of the molecule is CCCOc1ccc(Cl)cc1NCc1cccs1. The van der Waals surface area contributed by atoms with E-state index in [1.807, 2.05) is 24.3 Å². The van der Waals surface area contributed by atoms with Crippen molar-refractivity contribution < 1.29 is 4.74 Å². The third-order valence-electron chi connectivity index (χ3n) is 2.44. The van der Waals surface area contributed by atoms with Gasteiger partial charge in [-0.25, -0.2) is 0 Å². The lowest BCUT2D eigenvalue weighted by atomic mass is 10.3. The largest absolute Gasteiger partial charge is 0.491 e. The molecule has 1 aromatic heterocycles. The van der Waals surface area contributed by atoms with Gasteiger partial charge in [0.2, 0.25) is 0 Å². The molecule has 4 heteroatoms. The maximum atomic E-state index is 6.02. The topological polar surface area (TPSA) is 21.3 Å².